The number of aliphatic imine (C=N–C) groups is 1. The first kappa shape index (κ1) is 28.8. The number of carbonyl (C=O) groups is 2. The zero-order valence-corrected chi connectivity index (χ0v) is 23.4. The van der Waals surface area contributed by atoms with E-state index in [0.29, 0.717) is 28.5 Å². The van der Waals surface area contributed by atoms with E-state index in [-0.39, 0.29) is 29.7 Å². The zero-order valence-electron chi connectivity index (χ0n) is 22.7. The summed E-state index contributed by atoms with van der Waals surface area (Å²) in [6, 6.07) is 11.2. The Morgan fingerprint density at radius 3 is 2.39 bits per heavy atom. The number of nitrogens with one attached hydrogen (secondary N) is 1. The molecule has 1 N–H and O–H groups in total. The van der Waals surface area contributed by atoms with Gasteiger partial charge < -0.3 is 24.4 Å². The van der Waals surface area contributed by atoms with Crippen LogP contribution in [0.15, 0.2) is 63.8 Å². The van der Waals surface area contributed by atoms with E-state index >= 15 is 0 Å². The number of halogens is 1. The zero-order chi connectivity index (χ0) is 27.8. The van der Waals surface area contributed by atoms with Crippen LogP contribution in [0.1, 0.15) is 32.8 Å². The SMILES string of the molecule is CCN(CC)c1ccc(/N=C2\C=C(NC(=O)CCOc3ccc(OC)cc3OC)C(=O)C(Cl)=C2C)c(C)c1. The predicted octanol–water partition coefficient (Wildman–Crippen LogP) is 5.50. The van der Waals surface area contributed by atoms with E-state index in [2.05, 4.69) is 30.1 Å². The molecule has 2 aromatic rings. The quantitative estimate of drug-likeness (QED) is 0.379. The number of amides is 1. The average Bonchev–Trinajstić information content (AvgIpc) is 2.92. The number of benzene rings is 2. The first-order valence-electron chi connectivity index (χ1n) is 12.4. The third-order valence-corrected chi connectivity index (χ3v) is 6.68. The van der Waals surface area contributed by atoms with E-state index < -0.39 is 5.78 Å². The van der Waals surface area contributed by atoms with Crippen molar-refractivity contribution in [1.29, 1.82) is 0 Å². The predicted molar refractivity (Wildman–Crippen MR) is 151 cm³/mol. The second kappa shape index (κ2) is 13.1. The Balaban J connectivity index is 1.73. The van der Waals surface area contributed by atoms with Gasteiger partial charge >= 0.3 is 0 Å². The fraction of sp³-hybridized carbons (Fsp3) is 0.345. The van der Waals surface area contributed by atoms with Gasteiger partial charge in [0.2, 0.25) is 11.7 Å². The van der Waals surface area contributed by atoms with Gasteiger partial charge in [0.25, 0.3) is 0 Å². The van der Waals surface area contributed by atoms with Crippen LogP contribution in [-0.4, -0.2) is 51.3 Å². The fourth-order valence-corrected chi connectivity index (χ4v) is 4.16. The Morgan fingerprint density at radius 1 is 1.03 bits per heavy atom. The maximum absolute atomic E-state index is 12.8. The minimum atomic E-state index is -0.456. The number of methoxy groups -OCH3 is 2. The number of rotatable bonds is 11. The number of carbonyl (C=O) groups excluding carboxylic acids is 2. The number of hydrogen-bond donors (Lipinski definition) is 1. The first-order chi connectivity index (χ1) is 18.2. The van der Waals surface area contributed by atoms with Gasteiger partial charge in [0.1, 0.15) is 5.75 Å². The Bertz CT molecular complexity index is 1300. The van der Waals surface area contributed by atoms with Crippen LogP contribution in [0, 0.1) is 6.92 Å². The lowest BCUT2D eigenvalue weighted by Crippen LogP contribution is -2.31. The highest BCUT2D eigenvalue weighted by molar-refractivity contribution is 6.49. The number of hydrogen-bond acceptors (Lipinski definition) is 7. The van der Waals surface area contributed by atoms with Crippen molar-refractivity contribution in [3.8, 4) is 17.2 Å². The van der Waals surface area contributed by atoms with Gasteiger partial charge in [-0.05, 0) is 75.2 Å². The lowest BCUT2D eigenvalue weighted by molar-refractivity contribution is -0.122. The fourth-order valence-electron chi connectivity index (χ4n) is 3.96. The van der Waals surface area contributed by atoms with Crippen molar-refractivity contribution < 1.29 is 23.8 Å². The van der Waals surface area contributed by atoms with E-state index in [4.69, 9.17) is 30.8 Å². The van der Waals surface area contributed by atoms with Crippen LogP contribution in [-0.2, 0) is 9.59 Å². The standard InChI is InChI=1S/C29H34ClN3O5/c1-7-33(8-2)20-9-11-22(18(3)15-20)31-23-17-24(29(35)28(30)19(23)4)32-27(34)13-14-38-25-12-10-21(36-5)16-26(25)37-6/h9-12,15-17H,7-8,13-14H2,1-6H3,(H,32,34)/b31-23+. The molecule has 0 saturated carbocycles. The van der Waals surface area contributed by atoms with E-state index in [1.807, 2.05) is 19.1 Å². The summed E-state index contributed by atoms with van der Waals surface area (Å²) in [4.78, 5) is 32.4. The van der Waals surface area contributed by atoms with Gasteiger partial charge in [0, 0.05) is 24.8 Å². The number of anilines is 1. The Labute approximate surface area is 228 Å². The summed E-state index contributed by atoms with van der Waals surface area (Å²) in [5, 5.41) is 2.68. The minimum absolute atomic E-state index is 0.0124. The Morgan fingerprint density at radius 2 is 1.76 bits per heavy atom. The van der Waals surface area contributed by atoms with E-state index in [0.717, 1.165) is 30.0 Å². The van der Waals surface area contributed by atoms with Gasteiger partial charge in [-0.3, -0.25) is 9.59 Å². The highest BCUT2D eigenvalue weighted by Gasteiger charge is 2.25. The number of Topliss-reactive ketones (excluding diaryl/α,β-unsaturated/α-hetero) is 1. The first-order valence-corrected chi connectivity index (χ1v) is 12.8. The van der Waals surface area contributed by atoms with Gasteiger partial charge in [0.05, 0.1) is 49.4 Å². The largest absolute Gasteiger partial charge is 0.497 e. The summed E-state index contributed by atoms with van der Waals surface area (Å²) in [6.45, 7) is 9.87. The normalized spacial score (nSPS) is 14.3. The van der Waals surface area contributed by atoms with Crippen molar-refractivity contribution in [3.63, 3.8) is 0 Å². The summed E-state index contributed by atoms with van der Waals surface area (Å²) in [5.41, 5.74) is 4.02. The lowest BCUT2D eigenvalue weighted by Gasteiger charge is -2.22. The number of allylic oxidation sites excluding steroid dienone is 3. The third kappa shape index (κ3) is 6.75. The maximum Gasteiger partial charge on any atom is 0.227 e. The van der Waals surface area contributed by atoms with Gasteiger partial charge in [-0.1, -0.05) is 11.6 Å². The van der Waals surface area contributed by atoms with Crippen molar-refractivity contribution in [2.75, 3.05) is 38.8 Å². The van der Waals surface area contributed by atoms with E-state index in [1.54, 1.807) is 38.3 Å². The van der Waals surface area contributed by atoms with Crippen LogP contribution < -0.4 is 24.4 Å². The minimum Gasteiger partial charge on any atom is -0.497 e. The third-order valence-electron chi connectivity index (χ3n) is 6.22. The van der Waals surface area contributed by atoms with Crippen molar-refractivity contribution in [2.45, 2.75) is 34.1 Å². The number of ketones is 1. The summed E-state index contributed by atoms with van der Waals surface area (Å²) in [7, 11) is 3.08. The highest BCUT2D eigenvalue weighted by atomic mass is 35.5. The second-order valence-electron chi connectivity index (χ2n) is 8.63. The summed E-state index contributed by atoms with van der Waals surface area (Å²) in [6.07, 6.45) is 1.57. The summed E-state index contributed by atoms with van der Waals surface area (Å²) < 4.78 is 16.2. The molecule has 1 aliphatic rings. The molecule has 1 amide bonds. The molecule has 0 aliphatic heterocycles. The van der Waals surface area contributed by atoms with Gasteiger partial charge in [-0.2, -0.15) is 0 Å². The Hall–Kier alpha value is -3.78. The van der Waals surface area contributed by atoms with Gasteiger partial charge in [-0.15, -0.1) is 0 Å². The van der Waals surface area contributed by atoms with Crippen molar-refractivity contribution in [3.05, 3.63) is 64.3 Å². The lowest BCUT2D eigenvalue weighted by atomic mass is 10.0. The molecule has 1 aliphatic carbocycles. The molecule has 0 bridgehead atoms. The summed E-state index contributed by atoms with van der Waals surface area (Å²) >= 11 is 6.34. The second-order valence-corrected chi connectivity index (χ2v) is 9.01. The molecule has 0 radical (unpaired) electrons. The molecule has 0 spiro atoms. The van der Waals surface area contributed by atoms with E-state index in [9.17, 15) is 9.59 Å². The molecule has 2 aromatic carbocycles. The van der Waals surface area contributed by atoms with Crippen LogP contribution in [0.5, 0.6) is 17.2 Å². The van der Waals surface area contributed by atoms with Crippen LogP contribution >= 0.6 is 11.6 Å². The number of ether oxygens (including phenoxy) is 3. The highest BCUT2D eigenvalue weighted by Crippen LogP contribution is 2.31. The molecular weight excluding hydrogens is 506 g/mol. The van der Waals surface area contributed by atoms with E-state index in [1.165, 1.54) is 7.11 Å². The molecule has 3 rings (SSSR count). The van der Waals surface area contributed by atoms with Gasteiger partial charge in [-0.25, -0.2) is 4.99 Å². The average molecular weight is 540 g/mol. The molecule has 38 heavy (non-hydrogen) atoms. The van der Waals surface area contributed by atoms with Crippen LogP contribution in [0.25, 0.3) is 0 Å². The van der Waals surface area contributed by atoms with Crippen molar-refractivity contribution in [2.24, 2.45) is 4.99 Å². The van der Waals surface area contributed by atoms with Crippen molar-refractivity contribution >= 4 is 40.4 Å². The molecule has 0 unspecified atom stereocenters. The van der Waals surface area contributed by atoms with Gasteiger partial charge in [0.15, 0.2) is 11.5 Å². The topological polar surface area (TPSA) is 89.5 Å². The molecule has 202 valence electrons. The summed E-state index contributed by atoms with van der Waals surface area (Å²) in [5.74, 6) is 0.751. The molecule has 0 atom stereocenters. The van der Waals surface area contributed by atoms with Crippen LogP contribution in [0.3, 0.4) is 0 Å². The molecule has 0 heterocycles. The van der Waals surface area contributed by atoms with Crippen LogP contribution in [0.4, 0.5) is 11.4 Å². The van der Waals surface area contributed by atoms with Crippen molar-refractivity contribution in [1.82, 2.24) is 5.32 Å². The number of nitrogens with zero attached hydrogens (tertiary/aromatic N) is 2. The molecule has 0 aromatic heterocycles. The molecule has 9 heteroatoms. The monoisotopic (exact) mass is 539 g/mol. The molecule has 0 saturated heterocycles. The van der Waals surface area contributed by atoms with Crippen LogP contribution in [0.2, 0.25) is 0 Å². The number of aryl methyl sites for hydroxylation is 1. The maximum atomic E-state index is 12.8. The molecular formula is C29H34ClN3O5. The molecule has 8 nitrogen and oxygen atoms in total. The Kier molecular flexibility index (Phi) is 9.96. The molecule has 0 fully saturated rings. The smallest absolute Gasteiger partial charge is 0.227 e.